The Kier molecular flexibility index (Phi) is 6.31. The minimum absolute atomic E-state index is 0.0675. The summed E-state index contributed by atoms with van der Waals surface area (Å²) in [5.74, 6) is 0. The van der Waals surface area contributed by atoms with Gasteiger partial charge in [0.05, 0.1) is 38.6 Å². The summed E-state index contributed by atoms with van der Waals surface area (Å²) >= 11 is 0. The molecule has 0 spiro atoms. The van der Waals surface area contributed by atoms with E-state index in [-0.39, 0.29) is 6.10 Å². The number of aliphatic hydroxyl groups excluding tert-OH is 1. The Labute approximate surface area is 141 Å². The second kappa shape index (κ2) is 8.89. The van der Waals surface area contributed by atoms with Crippen LogP contribution in [0.4, 0.5) is 0 Å². The Morgan fingerprint density at radius 3 is 3.00 bits per heavy atom. The molecule has 1 aliphatic heterocycles. The van der Waals surface area contributed by atoms with Crippen LogP contribution < -0.4 is 0 Å². The molecule has 2 atom stereocenters. The number of aromatic nitrogens is 3. The third kappa shape index (κ3) is 5.38. The molecule has 0 amide bonds. The van der Waals surface area contributed by atoms with Crippen molar-refractivity contribution in [2.24, 2.45) is 0 Å². The van der Waals surface area contributed by atoms with E-state index in [0.29, 0.717) is 32.9 Å². The first kappa shape index (κ1) is 17.0. The van der Waals surface area contributed by atoms with Crippen LogP contribution in [-0.2, 0) is 22.6 Å². The zero-order chi connectivity index (χ0) is 16.6. The normalized spacial score (nSPS) is 20.1. The molecule has 2 heterocycles. The Morgan fingerprint density at radius 2 is 2.21 bits per heavy atom. The molecule has 1 aromatic carbocycles. The van der Waals surface area contributed by atoms with Crippen molar-refractivity contribution >= 4 is 0 Å². The van der Waals surface area contributed by atoms with Crippen LogP contribution in [0.2, 0.25) is 0 Å². The highest BCUT2D eigenvalue weighted by Gasteiger charge is 2.22. The zero-order valence-electron chi connectivity index (χ0n) is 13.7. The predicted molar refractivity (Wildman–Crippen MR) is 88.3 cm³/mol. The maximum absolute atomic E-state index is 10.2. The minimum atomic E-state index is -0.501. The fraction of sp³-hybridized carbons (Fsp3) is 0.529. The average molecular weight is 332 g/mol. The topological polar surface area (TPSA) is 72.6 Å². The summed E-state index contributed by atoms with van der Waals surface area (Å²) in [4.78, 5) is 6.15. The molecule has 1 aromatic heterocycles. The average Bonchev–Trinajstić information content (AvgIpc) is 3.09. The summed E-state index contributed by atoms with van der Waals surface area (Å²) in [5, 5.41) is 14.3. The van der Waals surface area contributed by atoms with Crippen molar-refractivity contribution in [2.75, 3.05) is 32.8 Å². The molecular weight excluding hydrogens is 308 g/mol. The van der Waals surface area contributed by atoms with Gasteiger partial charge in [0.15, 0.2) is 0 Å². The number of rotatable bonds is 8. The summed E-state index contributed by atoms with van der Waals surface area (Å²) < 4.78 is 13.1. The molecular formula is C17H24N4O3. The van der Waals surface area contributed by atoms with Gasteiger partial charge < -0.3 is 14.6 Å². The highest BCUT2D eigenvalue weighted by atomic mass is 16.5. The first-order valence-corrected chi connectivity index (χ1v) is 8.25. The van der Waals surface area contributed by atoms with Crippen LogP contribution >= 0.6 is 0 Å². The number of morpholine rings is 1. The summed E-state index contributed by atoms with van der Waals surface area (Å²) in [5.41, 5.74) is 1.11. The van der Waals surface area contributed by atoms with Crippen molar-refractivity contribution in [1.29, 1.82) is 0 Å². The largest absolute Gasteiger partial charge is 0.389 e. The van der Waals surface area contributed by atoms with Crippen molar-refractivity contribution in [2.45, 2.75) is 25.4 Å². The van der Waals surface area contributed by atoms with Crippen LogP contribution in [0.1, 0.15) is 5.56 Å². The van der Waals surface area contributed by atoms with E-state index in [4.69, 9.17) is 9.47 Å². The van der Waals surface area contributed by atoms with Gasteiger partial charge in [-0.2, -0.15) is 5.10 Å². The third-order valence-corrected chi connectivity index (χ3v) is 3.97. The zero-order valence-corrected chi connectivity index (χ0v) is 13.7. The van der Waals surface area contributed by atoms with Crippen molar-refractivity contribution in [3.8, 4) is 0 Å². The van der Waals surface area contributed by atoms with Gasteiger partial charge in [-0.15, -0.1) is 0 Å². The van der Waals surface area contributed by atoms with Gasteiger partial charge in [-0.05, 0) is 5.56 Å². The van der Waals surface area contributed by atoms with Crippen LogP contribution in [-0.4, -0.2) is 69.8 Å². The lowest BCUT2D eigenvalue weighted by molar-refractivity contribution is -0.0583. The Morgan fingerprint density at radius 1 is 1.33 bits per heavy atom. The molecule has 2 aromatic rings. The Bertz CT molecular complexity index is 579. The minimum Gasteiger partial charge on any atom is -0.389 e. The molecule has 0 aliphatic carbocycles. The standard InChI is InChI=1S/C17H24N4O3/c22-16(12-23-11-15-4-2-1-3-5-15)8-20-6-7-24-17(9-20)10-21-14-18-13-19-21/h1-5,13-14,16-17,22H,6-12H2. The van der Waals surface area contributed by atoms with Gasteiger partial charge in [0.2, 0.25) is 0 Å². The Balaban J connectivity index is 1.36. The highest BCUT2D eigenvalue weighted by molar-refractivity contribution is 5.13. The summed E-state index contributed by atoms with van der Waals surface area (Å²) in [7, 11) is 0. The molecule has 7 heteroatoms. The molecule has 1 aliphatic rings. The molecule has 1 N–H and O–H groups in total. The second-order valence-corrected chi connectivity index (χ2v) is 6.02. The number of benzene rings is 1. The van der Waals surface area contributed by atoms with Crippen molar-refractivity contribution in [3.63, 3.8) is 0 Å². The fourth-order valence-electron chi connectivity index (χ4n) is 2.83. The van der Waals surface area contributed by atoms with Crippen molar-refractivity contribution < 1.29 is 14.6 Å². The number of β-amino-alcohol motifs (C(OH)–C–C–N with tert-alkyl or cyclic N) is 1. The van der Waals surface area contributed by atoms with E-state index < -0.39 is 6.10 Å². The van der Waals surface area contributed by atoms with Gasteiger partial charge in [-0.1, -0.05) is 30.3 Å². The van der Waals surface area contributed by atoms with E-state index in [1.807, 2.05) is 30.3 Å². The summed E-state index contributed by atoms with van der Waals surface area (Å²) in [6, 6.07) is 9.98. The number of hydrogen-bond acceptors (Lipinski definition) is 6. The maximum Gasteiger partial charge on any atom is 0.137 e. The number of aliphatic hydroxyl groups is 1. The van der Waals surface area contributed by atoms with Crippen LogP contribution in [0.25, 0.3) is 0 Å². The van der Waals surface area contributed by atoms with Crippen LogP contribution in [0.3, 0.4) is 0 Å². The fourth-order valence-corrected chi connectivity index (χ4v) is 2.83. The molecule has 2 unspecified atom stereocenters. The SMILES string of the molecule is OC(COCc1ccccc1)CN1CCOC(Cn2cncn2)C1. The van der Waals surface area contributed by atoms with Gasteiger partial charge in [-0.25, -0.2) is 4.98 Å². The first-order valence-electron chi connectivity index (χ1n) is 8.25. The molecule has 1 fully saturated rings. The van der Waals surface area contributed by atoms with Gasteiger partial charge in [0, 0.05) is 19.6 Å². The van der Waals surface area contributed by atoms with E-state index in [0.717, 1.165) is 18.7 Å². The van der Waals surface area contributed by atoms with E-state index in [1.165, 1.54) is 6.33 Å². The summed E-state index contributed by atoms with van der Waals surface area (Å²) in [6.45, 7) is 4.38. The number of nitrogens with zero attached hydrogens (tertiary/aromatic N) is 4. The third-order valence-electron chi connectivity index (χ3n) is 3.97. The number of hydrogen-bond donors (Lipinski definition) is 1. The van der Waals surface area contributed by atoms with Crippen molar-refractivity contribution in [3.05, 3.63) is 48.5 Å². The van der Waals surface area contributed by atoms with Gasteiger partial charge >= 0.3 is 0 Å². The molecule has 0 radical (unpaired) electrons. The molecule has 24 heavy (non-hydrogen) atoms. The molecule has 0 bridgehead atoms. The van der Waals surface area contributed by atoms with Crippen LogP contribution in [0.15, 0.2) is 43.0 Å². The van der Waals surface area contributed by atoms with Gasteiger partial charge in [0.25, 0.3) is 0 Å². The second-order valence-electron chi connectivity index (χ2n) is 6.02. The number of ether oxygens (including phenoxy) is 2. The first-order chi connectivity index (χ1) is 11.8. The molecule has 3 rings (SSSR count). The Hall–Kier alpha value is -1.80. The maximum atomic E-state index is 10.2. The van der Waals surface area contributed by atoms with E-state index in [2.05, 4.69) is 15.0 Å². The van der Waals surface area contributed by atoms with Crippen molar-refractivity contribution in [1.82, 2.24) is 19.7 Å². The predicted octanol–water partition coefficient (Wildman–Crippen LogP) is 0.557. The van der Waals surface area contributed by atoms with E-state index in [9.17, 15) is 5.11 Å². The van der Waals surface area contributed by atoms with Gasteiger partial charge in [-0.3, -0.25) is 9.58 Å². The van der Waals surface area contributed by atoms with Gasteiger partial charge in [0.1, 0.15) is 12.7 Å². The highest BCUT2D eigenvalue weighted by Crippen LogP contribution is 2.08. The van der Waals surface area contributed by atoms with Crippen LogP contribution in [0, 0.1) is 0 Å². The lowest BCUT2D eigenvalue weighted by atomic mass is 10.2. The lowest BCUT2D eigenvalue weighted by Gasteiger charge is -2.33. The quantitative estimate of drug-likeness (QED) is 0.761. The lowest BCUT2D eigenvalue weighted by Crippen LogP contribution is -2.47. The molecule has 130 valence electrons. The van der Waals surface area contributed by atoms with E-state index in [1.54, 1.807) is 11.0 Å². The van der Waals surface area contributed by atoms with Crippen LogP contribution in [0.5, 0.6) is 0 Å². The molecule has 0 saturated carbocycles. The van der Waals surface area contributed by atoms with E-state index >= 15 is 0 Å². The summed E-state index contributed by atoms with van der Waals surface area (Å²) in [6.07, 6.45) is 2.78. The monoisotopic (exact) mass is 332 g/mol. The smallest absolute Gasteiger partial charge is 0.137 e. The molecule has 7 nitrogen and oxygen atoms in total. The molecule has 1 saturated heterocycles.